The first-order valence-corrected chi connectivity index (χ1v) is 24.9. The van der Waals surface area contributed by atoms with Crippen LogP contribution in [0, 0.1) is 28.6 Å². The van der Waals surface area contributed by atoms with Crippen LogP contribution < -0.4 is 0 Å². The zero-order chi connectivity index (χ0) is 46.7. The molecule has 17 nitrogen and oxygen atoms in total. The minimum Gasteiger partial charge on any atom is -0.388 e. The van der Waals surface area contributed by atoms with Gasteiger partial charge >= 0.3 is 0 Å². The summed E-state index contributed by atoms with van der Waals surface area (Å²) in [7, 11) is 6.41. The fourth-order valence-corrected chi connectivity index (χ4v) is 14.9. The van der Waals surface area contributed by atoms with Crippen LogP contribution in [0.25, 0.3) is 0 Å². The Bertz CT molecular complexity index is 1760. The molecule has 10 aliphatic rings. The van der Waals surface area contributed by atoms with Gasteiger partial charge in [-0.1, -0.05) is 25.5 Å². The van der Waals surface area contributed by atoms with Gasteiger partial charge in [-0.3, -0.25) is 0 Å². The Hall–Kier alpha value is -0.940. The highest BCUT2D eigenvalue weighted by Crippen LogP contribution is 2.76. The largest absolute Gasteiger partial charge is 0.388 e. The molecule has 7 aliphatic heterocycles. The van der Waals surface area contributed by atoms with Crippen molar-refractivity contribution in [2.24, 2.45) is 28.6 Å². The maximum absolute atomic E-state index is 10.9. The van der Waals surface area contributed by atoms with Gasteiger partial charge in [-0.25, -0.2) is 0 Å². The summed E-state index contributed by atoms with van der Waals surface area (Å²) >= 11 is 0. The van der Waals surface area contributed by atoms with E-state index in [4.69, 9.17) is 71.1 Å². The Labute approximate surface area is 390 Å². The molecule has 10 rings (SSSR count). The second-order valence-corrected chi connectivity index (χ2v) is 21.8. The number of aliphatic hydroxyl groups excluding tert-OH is 2. The van der Waals surface area contributed by atoms with Crippen LogP contribution in [-0.4, -0.2) is 174 Å². The molecule has 2 bridgehead atoms. The molecule has 376 valence electrons. The molecule has 0 aromatic rings. The molecule has 0 spiro atoms. The molecule has 0 radical (unpaired) electrons. The summed E-state index contributed by atoms with van der Waals surface area (Å²) in [4.78, 5) is 0. The van der Waals surface area contributed by atoms with E-state index in [1.165, 1.54) is 19.1 Å². The smallest absolute Gasteiger partial charge is 0.187 e. The number of hydrogen-bond acceptors (Lipinski definition) is 17. The molecular formula is C49H78O17. The van der Waals surface area contributed by atoms with Crippen molar-refractivity contribution in [2.45, 2.75) is 235 Å². The normalized spacial score (nSPS) is 56.7. The van der Waals surface area contributed by atoms with Crippen LogP contribution in [0.5, 0.6) is 0 Å². The van der Waals surface area contributed by atoms with Gasteiger partial charge in [0.1, 0.15) is 36.6 Å². The van der Waals surface area contributed by atoms with E-state index in [-0.39, 0.29) is 41.3 Å². The van der Waals surface area contributed by atoms with Crippen LogP contribution in [0.2, 0.25) is 0 Å². The topological polar surface area (TPSA) is 179 Å². The minimum atomic E-state index is -1.21. The van der Waals surface area contributed by atoms with E-state index < -0.39 is 97.8 Å². The summed E-state index contributed by atoms with van der Waals surface area (Å²) in [5, 5.41) is 21.3. The van der Waals surface area contributed by atoms with Crippen LogP contribution in [0.4, 0.5) is 0 Å². The summed E-state index contributed by atoms with van der Waals surface area (Å²) < 4.78 is 95.1. The molecular weight excluding hydrogens is 861 g/mol. The van der Waals surface area contributed by atoms with E-state index in [2.05, 4.69) is 26.8 Å². The van der Waals surface area contributed by atoms with Crippen LogP contribution >= 0.6 is 0 Å². The quantitative estimate of drug-likeness (QED) is 0.261. The second kappa shape index (κ2) is 18.3. The summed E-state index contributed by atoms with van der Waals surface area (Å²) in [6.07, 6.45) is -0.0918. The van der Waals surface area contributed by atoms with Gasteiger partial charge in [0.05, 0.1) is 67.5 Å². The molecule has 66 heavy (non-hydrogen) atoms. The Morgan fingerprint density at radius 1 is 0.621 bits per heavy atom. The lowest BCUT2D eigenvalue weighted by Crippen LogP contribution is -2.61. The zero-order valence-corrected chi connectivity index (χ0v) is 40.9. The standard InChI is InChI=1S/C49H78O17/c1-23-38(50)43(55-11)39(51)45(60-23)64-42-26(4)59-37(21-33(42)54-10)63-41-25(3)58-36(20-32(41)53-9)62-40-24(2)57-35(19-31(40)52-8)61-28-14-16-46(5)27(18-28)12-13-30-29(46)15-17-47(6)44-34-22-56-48(44,7)66-49(30,47)65-34/h12,23-26,28-45,50-51H,13-22H2,1-11H3/t23-,24-,25-,26-,28+,29+,30-,31-,32+,33-,34-,35+,36+,37+,38-,39-,40-,41-,42-,43+,44+,45+,46+,47-,48-,49+/m1/s1. The summed E-state index contributed by atoms with van der Waals surface area (Å²) in [5.41, 5.74) is 1.56. The molecule has 9 fully saturated rings. The predicted molar refractivity (Wildman–Crippen MR) is 231 cm³/mol. The molecule has 2 saturated carbocycles. The lowest BCUT2D eigenvalue weighted by Gasteiger charge is -2.59. The van der Waals surface area contributed by atoms with Gasteiger partial charge in [-0.05, 0) is 84.5 Å². The Balaban J connectivity index is 0.720. The maximum Gasteiger partial charge on any atom is 0.187 e. The molecule has 2 N–H and O–H groups in total. The first-order valence-electron chi connectivity index (χ1n) is 24.9. The van der Waals surface area contributed by atoms with Crippen LogP contribution in [0.3, 0.4) is 0 Å². The van der Waals surface area contributed by atoms with E-state index in [1.807, 2.05) is 20.8 Å². The monoisotopic (exact) mass is 939 g/mol. The highest BCUT2D eigenvalue weighted by Gasteiger charge is 2.83. The summed E-state index contributed by atoms with van der Waals surface area (Å²) in [5.74, 6) is -0.0208. The van der Waals surface area contributed by atoms with E-state index in [9.17, 15) is 10.2 Å². The van der Waals surface area contributed by atoms with E-state index in [1.54, 1.807) is 28.3 Å². The number of aliphatic hydroxyl groups is 2. The van der Waals surface area contributed by atoms with Crippen molar-refractivity contribution in [2.75, 3.05) is 35.0 Å². The number of ether oxygens (including phenoxy) is 15. The van der Waals surface area contributed by atoms with Crippen molar-refractivity contribution in [1.82, 2.24) is 0 Å². The number of methoxy groups -OCH3 is 4. The molecule has 0 aromatic heterocycles. The van der Waals surface area contributed by atoms with Crippen molar-refractivity contribution < 1.29 is 81.3 Å². The van der Waals surface area contributed by atoms with E-state index in [0.717, 1.165) is 32.1 Å². The highest BCUT2D eigenvalue weighted by atomic mass is 16.8. The molecule has 0 aromatic carbocycles. The Kier molecular flexibility index (Phi) is 13.5. The van der Waals surface area contributed by atoms with Crippen LogP contribution in [-0.2, 0) is 71.1 Å². The Morgan fingerprint density at radius 2 is 1.20 bits per heavy atom. The fraction of sp³-hybridized carbons (Fsp3) is 0.959. The average molecular weight is 939 g/mol. The number of rotatable bonds is 12. The van der Waals surface area contributed by atoms with E-state index in [0.29, 0.717) is 43.6 Å². The first-order chi connectivity index (χ1) is 31.5. The van der Waals surface area contributed by atoms with Gasteiger partial charge < -0.3 is 81.3 Å². The van der Waals surface area contributed by atoms with Gasteiger partial charge in [0.2, 0.25) is 0 Å². The minimum absolute atomic E-state index is 0.0225. The third kappa shape index (κ3) is 7.84. The predicted octanol–water partition coefficient (Wildman–Crippen LogP) is 4.50. The molecule has 17 heteroatoms. The van der Waals surface area contributed by atoms with Crippen LogP contribution in [0.15, 0.2) is 11.6 Å². The zero-order valence-electron chi connectivity index (χ0n) is 40.9. The molecule has 26 atom stereocenters. The van der Waals surface area contributed by atoms with Gasteiger partial charge in [-0.15, -0.1) is 0 Å². The molecule has 7 heterocycles. The summed E-state index contributed by atoms with van der Waals surface area (Å²) in [6, 6.07) is 0. The number of hydrogen-bond donors (Lipinski definition) is 2. The highest BCUT2D eigenvalue weighted by molar-refractivity contribution is 5.30. The SMILES string of the molecule is CO[C@@H]1[C@@H](O)[C@H](O[C@@H]2[C@@H](C)O[C@@H](O[C@H]3[C@@H](OC)C[C@H](O[C@@H]4[C@@H](C)O[C@@H](O[C@H]5CC[C@@]6(C)C(=CC[C@@H]7[C@@H]6CC[C@]6(C)[C@@H]8[C@H]9CO[C@]8(C)O[C@@]76O9)C5)C[C@H]4OC)O[C@@H]3C)C[C@H]2OC)O[C@H](C)[C@H]1O. The van der Waals surface area contributed by atoms with E-state index >= 15 is 0 Å². The average Bonchev–Trinajstić information content (AvgIpc) is 3.77. The summed E-state index contributed by atoms with van der Waals surface area (Å²) in [6.45, 7) is 15.2. The Morgan fingerprint density at radius 3 is 1.76 bits per heavy atom. The number of allylic oxidation sites excluding steroid dienone is 1. The molecule has 7 saturated heterocycles. The van der Waals surface area contributed by atoms with Crippen molar-refractivity contribution in [3.63, 3.8) is 0 Å². The van der Waals surface area contributed by atoms with Crippen LogP contribution in [0.1, 0.15) is 106 Å². The van der Waals surface area contributed by atoms with Crippen molar-refractivity contribution >= 4 is 0 Å². The van der Waals surface area contributed by atoms with Crippen molar-refractivity contribution in [3.05, 3.63) is 11.6 Å². The first kappa shape index (κ1) is 48.7. The number of fused-ring (bicyclic) bond motifs is 3. The third-order valence-corrected chi connectivity index (χ3v) is 18.3. The van der Waals surface area contributed by atoms with Crippen molar-refractivity contribution in [3.8, 4) is 0 Å². The van der Waals surface area contributed by atoms with Gasteiger partial charge in [0, 0.05) is 59.0 Å². The van der Waals surface area contributed by atoms with Gasteiger partial charge in [-0.2, -0.15) is 0 Å². The lowest BCUT2D eigenvalue weighted by atomic mass is 9.48. The second-order valence-electron chi connectivity index (χ2n) is 21.8. The molecule has 0 unspecified atom stereocenters. The third-order valence-electron chi connectivity index (χ3n) is 18.3. The van der Waals surface area contributed by atoms with Gasteiger partial charge in [0.25, 0.3) is 0 Å². The lowest BCUT2D eigenvalue weighted by molar-refractivity contribution is -0.359. The fourth-order valence-electron chi connectivity index (χ4n) is 14.9. The maximum atomic E-state index is 10.9. The molecule has 0 amide bonds. The molecule has 3 aliphatic carbocycles. The van der Waals surface area contributed by atoms with Gasteiger partial charge in [0.15, 0.2) is 36.7 Å². The van der Waals surface area contributed by atoms with Crippen molar-refractivity contribution in [1.29, 1.82) is 0 Å².